The van der Waals surface area contributed by atoms with Crippen LogP contribution in [0.15, 0.2) is 0 Å². The van der Waals surface area contributed by atoms with E-state index in [0.29, 0.717) is 26.4 Å². The van der Waals surface area contributed by atoms with Crippen LogP contribution in [0.2, 0.25) is 0 Å². The lowest BCUT2D eigenvalue weighted by atomic mass is 10.0. The molecular weight excluding hydrogens is 284 g/mol. The van der Waals surface area contributed by atoms with E-state index < -0.39 is 12.4 Å². The fourth-order valence-corrected chi connectivity index (χ4v) is 2.39. The monoisotopic (exact) mass is 318 g/mol. The third-order valence-electron chi connectivity index (χ3n) is 3.85. The Morgan fingerprint density at radius 2 is 1.32 bits per heavy atom. The summed E-state index contributed by atoms with van der Waals surface area (Å²) in [6, 6.07) is 0. The van der Waals surface area contributed by atoms with Gasteiger partial charge < -0.3 is 24.1 Å². The zero-order valence-corrected chi connectivity index (χ0v) is 14.5. The summed E-state index contributed by atoms with van der Waals surface area (Å²) in [5, 5.41) is 10.1. The largest absolute Gasteiger partial charge is 0.373 e. The van der Waals surface area contributed by atoms with E-state index in [1.165, 1.54) is 0 Å². The molecule has 0 bridgehead atoms. The van der Waals surface area contributed by atoms with E-state index in [0.717, 1.165) is 38.5 Å². The van der Waals surface area contributed by atoms with Gasteiger partial charge in [-0.15, -0.1) is 0 Å². The first-order chi connectivity index (χ1) is 10.7. The number of ether oxygens (including phenoxy) is 4. The van der Waals surface area contributed by atoms with Gasteiger partial charge in [0.15, 0.2) is 6.29 Å². The quantitative estimate of drug-likeness (QED) is 0.561. The molecule has 1 N–H and O–H groups in total. The Kier molecular flexibility index (Phi) is 11.1. The average Bonchev–Trinajstić information content (AvgIpc) is 2.52. The second-order valence-corrected chi connectivity index (χ2v) is 5.86. The first-order valence-electron chi connectivity index (χ1n) is 8.89. The Bertz CT molecular complexity index is 261. The molecule has 0 aliphatic carbocycles. The van der Waals surface area contributed by atoms with Crippen molar-refractivity contribution in [2.75, 3.05) is 26.4 Å². The first kappa shape index (κ1) is 19.8. The van der Waals surface area contributed by atoms with Gasteiger partial charge in [-0.2, -0.15) is 0 Å². The lowest BCUT2D eigenvalue weighted by molar-refractivity contribution is -0.281. The van der Waals surface area contributed by atoms with Gasteiger partial charge >= 0.3 is 0 Å². The molecule has 1 aliphatic heterocycles. The Labute approximate surface area is 135 Å². The van der Waals surface area contributed by atoms with Crippen molar-refractivity contribution in [1.29, 1.82) is 0 Å². The average molecular weight is 318 g/mol. The van der Waals surface area contributed by atoms with Crippen LogP contribution in [-0.2, 0) is 18.9 Å². The zero-order chi connectivity index (χ0) is 16.2. The number of unbranched alkanes of at least 4 members (excludes halogenated alkanes) is 3. The van der Waals surface area contributed by atoms with Gasteiger partial charge in [0.05, 0.1) is 6.61 Å². The normalized spacial score (nSPS) is 28.9. The van der Waals surface area contributed by atoms with Crippen LogP contribution in [0.4, 0.5) is 0 Å². The van der Waals surface area contributed by atoms with Gasteiger partial charge in [-0.1, -0.05) is 40.0 Å². The highest BCUT2D eigenvalue weighted by Gasteiger charge is 2.42. The summed E-state index contributed by atoms with van der Waals surface area (Å²) in [4.78, 5) is 0. The summed E-state index contributed by atoms with van der Waals surface area (Å²) < 4.78 is 23.2. The molecule has 0 aromatic rings. The number of rotatable bonds is 12. The highest BCUT2D eigenvalue weighted by atomic mass is 16.7. The summed E-state index contributed by atoms with van der Waals surface area (Å²) in [7, 11) is 0. The second kappa shape index (κ2) is 12.3. The third kappa shape index (κ3) is 6.92. The first-order valence-corrected chi connectivity index (χ1v) is 8.89. The summed E-state index contributed by atoms with van der Waals surface area (Å²) in [6.45, 7) is 8.70. The van der Waals surface area contributed by atoms with Gasteiger partial charge in [0.1, 0.15) is 18.3 Å². The predicted octanol–water partition coefficient (Wildman–Crippen LogP) is 2.89. The predicted molar refractivity (Wildman–Crippen MR) is 85.9 cm³/mol. The summed E-state index contributed by atoms with van der Waals surface area (Å²) in [5.74, 6) is 0. The highest BCUT2D eigenvalue weighted by Crippen LogP contribution is 2.23. The Morgan fingerprint density at radius 3 is 1.86 bits per heavy atom. The molecule has 0 aromatic heterocycles. The van der Waals surface area contributed by atoms with Crippen LogP contribution in [-0.4, -0.2) is 56.1 Å². The van der Waals surface area contributed by atoms with Crippen molar-refractivity contribution in [1.82, 2.24) is 0 Å². The molecule has 0 amide bonds. The maximum absolute atomic E-state index is 10.1. The van der Waals surface area contributed by atoms with Crippen LogP contribution in [0, 0.1) is 0 Å². The van der Waals surface area contributed by atoms with Crippen molar-refractivity contribution in [3.05, 3.63) is 0 Å². The fourth-order valence-electron chi connectivity index (χ4n) is 2.39. The molecule has 0 spiro atoms. The van der Waals surface area contributed by atoms with E-state index in [1.807, 2.05) is 0 Å². The lowest BCUT2D eigenvalue weighted by Crippen LogP contribution is -2.56. The maximum atomic E-state index is 10.1. The molecule has 1 fully saturated rings. The lowest BCUT2D eigenvalue weighted by Gasteiger charge is -2.40. The standard InChI is InChI=1S/C17H34O5/c1-4-7-10-19-14-13-22-17(18)16(21-12-9-6-3)15(14)20-11-8-5-2/h14-18H,4-13H2,1-3H3/t14-,15+,16-,17?/m1/s1. The van der Waals surface area contributed by atoms with Gasteiger partial charge in [-0.3, -0.25) is 0 Å². The molecule has 1 unspecified atom stereocenters. The van der Waals surface area contributed by atoms with Gasteiger partial charge in [0.25, 0.3) is 0 Å². The number of aliphatic hydroxyl groups excluding tert-OH is 1. The molecule has 22 heavy (non-hydrogen) atoms. The fraction of sp³-hybridized carbons (Fsp3) is 1.00. The van der Waals surface area contributed by atoms with Crippen LogP contribution < -0.4 is 0 Å². The van der Waals surface area contributed by atoms with Crippen molar-refractivity contribution < 1.29 is 24.1 Å². The van der Waals surface area contributed by atoms with E-state index in [1.54, 1.807) is 0 Å². The van der Waals surface area contributed by atoms with Crippen molar-refractivity contribution in [2.45, 2.75) is 83.9 Å². The van der Waals surface area contributed by atoms with E-state index in [9.17, 15) is 5.11 Å². The van der Waals surface area contributed by atoms with Crippen molar-refractivity contribution in [3.63, 3.8) is 0 Å². The van der Waals surface area contributed by atoms with E-state index in [2.05, 4.69) is 20.8 Å². The SMILES string of the molecule is CCCCO[C@H]1[C@H](OCCCC)COC(O)[C@@H]1OCCCC. The minimum Gasteiger partial charge on any atom is -0.373 e. The smallest absolute Gasteiger partial charge is 0.183 e. The third-order valence-corrected chi connectivity index (χ3v) is 3.85. The summed E-state index contributed by atoms with van der Waals surface area (Å²) >= 11 is 0. The zero-order valence-electron chi connectivity index (χ0n) is 14.5. The van der Waals surface area contributed by atoms with Crippen LogP contribution in [0.3, 0.4) is 0 Å². The number of aliphatic hydroxyl groups is 1. The van der Waals surface area contributed by atoms with Gasteiger partial charge in [0, 0.05) is 19.8 Å². The van der Waals surface area contributed by atoms with Gasteiger partial charge in [-0.25, -0.2) is 0 Å². The molecule has 1 heterocycles. The number of hydrogen-bond donors (Lipinski definition) is 1. The highest BCUT2D eigenvalue weighted by molar-refractivity contribution is 4.86. The van der Waals surface area contributed by atoms with Crippen molar-refractivity contribution in [2.24, 2.45) is 0 Å². The molecule has 132 valence electrons. The van der Waals surface area contributed by atoms with E-state index in [4.69, 9.17) is 18.9 Å². The molecule has 0 saturated carbocycles. The van der Waals surface area contributed by atoms with E-state index >= 15 is 0 Å². The van der Waals surface area contributed by atoms with E-state index in [-0.39, 0.29) is 12.2 Å². The summed E-state index contributed by atoms with van der Waals surface area (Å²) in [6.07, 6.45) is 4.37. The maximum Gasteiger partial charge on any atom is 0.183 e. The molecule has 1 rings (SSSR count). The van der Waals surface area contributed by atoms with Crippen LogP contribution >= 0.6 is 0 Å². The molecule has 1 aliphatic rings. The van der Waals surface area contributed by atoms with Gasteiger partial charge in [0.2, 0.25) is 0 Å². The molecule has 0 aromatic carbocycles. The molecule has 0 radical (unpaired) electrons. The minimum atomic E-state index is -0.936. The van der Waals surface area contributed by atoms with Crippen LogP contribution in [0.5, 0.6) is 0 Å². The molecule has 5 nitrogen and oxygen atoms in total. The molecule has 1 saturated heterocycles. The summed E-state index contributed by atoms with van der Waals surface area (Å²) in [5.41, 5.74) is 0. The molecule has 5 heteroatoms. The number of hydrogen-bond acceptors (Lipinski definition) is 5. The minimum absolute atomic E-state index is 0.168. The van der Waals surface area contributed by atoms with Crippen molar-refractivity contribution in [3.8, 4) is 0 Å². The topological polar surface area (TPSA) is 57.2 Å². The Balaban J connectivity index is 2.59. The Hall–Kier alpha value is -0.200. The van der Waals surface area contributed by atoms with Crippen LogP contribution in [0.25, 0.3) is 0 Å². The Morgan fingerprint density at radius 1 is 0.818 bits per heavy atom. The van der Waals surface area contributed by atoms with Gasteiger partial charge in [-0.05, 0) is 19.3 Å². The molecule has 4 atom stereocenters. The van der Waals surface area contributed by atoms with Crippen LogP contribution in [0.1, 0.15) is 59.3 Å². The second-order valence-electron chi connectivity index (χ2n) is 5.86. The molecular formula is C17H34O5. The van der Waals surface area contributed by atoms with Crippen molar-refractivity contribution >= 4 is 0 Å².